The highest BCUT2D eigenvalue weighted by atomic mass is 19.4. The molecule has 0 bridgehead atoms. The third-order valence-corrected chi connectivity index (χ3v) is 4.87. The lowest BCUT2D eigenvalue weighted by Crippen LogP contribution is -2.44. The highest BCUT2D eigenvalue weighted by Gasteiger charge is 2.40. The summed E-state index contributed by atoms with van der Waals surface area (Å²) in [5.41, 5.74) is 0.191. The number of hydrogen-bond acceptors (Lipinski definition) is 3. The molecule has 1 aliphatic carbocycles. The molecule has 1 saturated carbocycles. The van der Waals surface area contributed by atoms with Gasteiger partial charge < -0.3 is 15.1 Å². The number of hydrogen-bond donors (Lipinski definition) is 1. The normalized spacial score (nSPS) is 24.8. The van der Waals surface area contributed by atoms with E-state index in [1.165, 1.54) is 6.07 Å². The third-order valence-electron chi connectivity index (χ3n) is 4.87. The van der Waals surface area contributed by atoms with Crippen molar-refractivity contribution in [2.24, 2.45) is 11.8 Å². The van der Waals surface area contributed by atoms with Crippen LogP contribution in [-0.2, 0) is 11.0 Å². The number of piperazine rings is 1. The number of alkyl halides is 3. The van der Waals surface area contributed by atoms with Gasteiger partial charge >= 0.3 is 6.18 Å². The molecule has 1 aromatic rings. The lowest BCUT2D eigenvalue weighted by Gasteiger charge is -2.35. The zero-order valence-electron chi connectivity index (χ0n) is 13.9. The smallest absolute Gasteiger partial charge is 0.367 e. The van der Waals surface area contributed by atoms with E-state index in [0.29, 0.717) is 11.6 Å². The number of anilines is 2. The predicted molar refractivity (Wildman–Crippen MR) is 87.1 cm³/mol. The Hall–Kier alpha value is -1.76. The van der Waals surface area contributed by atoms with E-state index in [9.17, 15) is 18.0 Å². The first-order valence-corrected chi connectivity index (χ1v) is 8.21. The summed E-state index contributed by atoms with van der Waals surface area (Å²) in [5.74, 6) is 0.0416. The highest BCUT2D eigenvalue weighted by molar-refractivity contribution is 5.97. The quantitative estimate of drug-likeness (QED) is 0.918. The van der Waals surface area contributed by atoms with Crippen molar-refractivity contribution in [1.82, 2.24) is 4.90 Å². The molecule has 7 heteroatoms. The topological polar surface area (TPSA) is 35.6 Å². The van der Waals surface area contributed by atoms with Crippen molar-refractivity contribution >= 4 is 17.3 Å². The van der Waals surface area contributed by atoms with Crippen LogP contribution in [0.3, 0.4) is 0 Å². The Morgan fingerprint density at radius 3 is 2.38 bits per heavy atom. The van der Waals surface area contributed by atoms with Gasteiger partial charge in [0.1, 0.15) is 0 Å². The van der Waals surface area contributed by atoms with Crippen molar-refractivity contribution in [2.75, 3.05) is 43.4 Å². The van der Waals surface area contributed by atoms with Crippen molar-refractivity contribution in [3.8, 4) is 0 Å². The summed E-state index contributed by atoms with van der Waals surface area (Å²) in [4.78, 5) is 16.4. The SMILES string of the molecule is CC1CC1C(=O)Nc1cc(C(F)(F)F)ccc1N1CCN(C)CC1. The first-order valence-electron chi connectivity index (χ1n) is 8.21. The monoisotopic (exact) mass is 341 g/mol. The molecule has 3 rings (SSSR count). The fourth-order valence-electron chi connectivity index (χ4n) is 3.05. The summed E-state index contributed by atoms with van der Waals surface area (Å²) >= 11 is 0. The Labute approximate surface area is 139 Å². The molecule has 2 fully saturated rings. The summed E-state index contributed by atoms with van der Waals surface area (Å²) in [6, 6.07) is 3.61. The van der Waals surface area contributed by atoms with Crippen LogP contribution in [-0.4, -0.2) is 44.0 Å². The lowest BCUT2D eigenvalue weighted by atomic mass is 10.1. The molecule has 2 atom stereocenters. The van der Waals surface area contributed by atoms with Gasteiger partial charge in [-0.05, 0) is 37.6 Å². The molecule has 0 radical (unpaired) electrons. The van der Waals surface area contributed by atoms with E-state index >= 15 is 0 Å². The molecular weight excluding hydrogens is 319 g/mol. The van der Waals surface area contributed by atoms with Gasteiger partial charge in [-0.2, -0.15) is 13.2 Å². The Morgan fingerprint density at radius 1 is 1.21 bits per heavy atom. The largest absolute Gasteiger partial charge is 0.416 e. The Balaban J connectivity index is 1.87. The van der Waals surface area contributed by atoms with Gasteiger partial charge in [-0.1, -0.05) is 6.92 Å². The molecule has 2 aliphatic rings. The van der Waals surface area contributed by atoms with Crippen molar-refractivity contribution in [2.45, 2.75) is 19.5 Å². The van der Waals surface area contributed by atoms with Crippen molar-refractivity contribution < 1.29 is 18.0 Å². The van der Waals surface area contributed by atoms with E-state index in [4.69, 9.17) is 0 Å². The molecule has 2 unspecified atom stereocenters. The fourth-order valence-corrected chi connectivity index (χ4v) is 3.05. The standard InChI is InChI=1S/C17H22F3N3O/c1-11-9-13(11)16(24)21-14-10-12(17(18,19)20)3-4-15(14)23-7-5-22(2)6-8-23/h3-4,10-11,13H,5-9H2,1-2H3,(H,21,24). The molecule has 1 aliphatic heterocycles. The minimum atomic E-state index is -4.42. The Morgan fingerprint density at radius 2 is 1.83 bits per heavy atom. The number of carbonyl (C=O) groups is 1. The number of rotatable bonds is 3. The molecule has 24 heavy (non-hydrogen) atoms. The van der Waals surface area contributed by atoms with Crippen LogP contribution in [0.4, 0.5) is 24.5 Å². The number of carbonyl (C=O) groups excluding carboxylic acids is 1. The maximum Gasteiger partial charge on any atom is 0.416 e. The Bertz CT molecular complexity index is 624. The maximum absolute atomic E-state index is 13.0. The zero-order chi connectivity index (χ0) is 17.5. The molecule has 0 aromatic heterocycles. The van der Waals surface area contributed by atoms with Crippen LogP contribution in [0, 0.1) is 11.8 Å². The third kappa shape index (κ3) is 3.66. The number of benzene rings is 1. The number of likely N-dealkylation sites (N-methyl/N-ethyl adjacent to an activating group) is 1. The van der Waals surface area contributed by atoms with Gasteiger partial charge in [0.15, 0.2) is 0 Å². The van der Waals surface area contributed by atoms with Crippen LogP contribution in [0.2, 0.25) is 0 Å². The second-order valence-corrected chi connectivity index (χ2v) is 6.83. The van der Waals surface area contributed by atoms with E-state index in [2.05, 4.69) is 10.2 Å². The minimum Gasteiger partial charge on any atom is -0.367 e. The van der Waals surface area contributed by atoms with Crippen LogP contribution < -0.4 is 10.2 Å². The number of nitrogens with zero attached hydrogens (tertiary/aromatic N) is 2. The van der Waals surface area contributed by atoms with Gasteiger partial charge in [0, 0.05) is 32.1 Å². The van der Waals surface area contributed by atoms with Gasteiger partial charge in [-0.15, -0.1) is 0 Å². The summed E-state index contributed by atoms with van der Waals surface area (Å²) in [6.45, 7) is 5.11. The van der Waals surface area contributed by atoms with Crippen LogP contribution >= 0.6 is 0 Å². The molecule has 1 aromatic carbocycles. The molecule has 132 valence electrons. The summed E-state index contributed by atoms with van der Waals surface area (Å²) < 4.78 is 39.1. The number of nitrogens with one attached hydrogen (secondary N) is 1. The summed E-state index contributed by atoms with van der Waals surface area (Å²) in [6.07, 6.45) is -3.62. The second-order valence-electron chi connectivity index (χ2n) is 6.83. The van der Waals surface area contributed by atoms with Crippen LogP contribution in [0.5, 0.6) is 0 Å². The lowest BCUT2D eigenvalue weighted by molar-refractivity contribution is -0.137. The van der Waals surface area contributed by atoms with Crippen molar-refractivity contribution in [3.05, 3.63) is 23.8 Å². The van der Waals surface area contributed by atoms with Gasteiger partial charge in [0.25, 0.3) is 0 Å². The molecule has 1 amide bonds. The van der Waals surface area contributed by atoms with E-state index < -0.39 is 11.7 Å². The summed E-state index contributed by atoms with van der Waals surface area (Å²) in [5, 5.41) is 2.73. The fraction of sp³-hybridized carbons (Fsp3) is 0.588. The average molecular weight is 341 g/mol. The molecule has 1 saturated heterocycles. The van der Waals surface area contributed by atoms with Crippen LogP contribution in [0.1, 0.15) is 18.9 Å². The van der Waals surface area contributed by atoms with Gasteiger partial charge in [0.05, 0.1) is 16.9 Å². The van der Waals surface area contributed by atoms with E-state index in [1.807, 2.05) is 18.9 Å². The van der Waals surface area contributed by atoms with Gasteiger partial charge in [-0.25, -0.2) is 0 Å². The Kier molecular flexibility index (Phi) is 4.46. The molecular formula is C17H22F3N3O. The highest BCUT2D eigenvalue weighted by Crippen LogP contribution is 2.40. The number of halogens is 3. The minimum absolute atomic E-state index is 0.0834. The summed E-state index contributed by atoms with van der Waals surface area (Å²) in [7, 11) is 2.02. The van der Waals surface area contributed by atoms with Crippen molar-refractivity contribution in [1.29, 1.82) is 0 Å². The van der Waals surface area contributed by atoms with E-state index in [-0.39, 0.29) is 17.5 Å². The van der Waals surface area contributed by atoms with E-state index in [0.717, 1.165) is 44.7 Å². The maximum atomic E-state index is 13.0. The number of amides is 1. The zero-order valence-corrected chi connectivity index (χ0v) is 13.9. The van der Waals surface area contributed by atoms with Crippen LogP contribution in [0.25, 0.3) is 0 Å². The molecule has 4 nitrogen and oxygen atoms in total. The first-order chi connectivity index (χ1) is 11.3. The first kappa shape index (κ1) is 17.1. The van der Waals surface area contributed by atoms with Gasteiger partial charge in [-0.3, -0.25) is 4.79 Å². The average Bonchev–Trinajstić information content (AvgIpc) is 3.24. The van der Waals surface area contributed by atoms with E-state index in [1.54, 1.807) is 0 Å². The van der Waals surface area contributed by atoms with Gasteiger partial charge in [0.2, 0.25) is 5.91 Å². The molecule has 1 N–H and O–H groups in total. The molecule has 0 spiro atoms. The van der Waals surface area contributed by atoms with Crippen molar-refractivity contribution in [3.63, 3.8) is 0 Å². The van der Waals surface area contributed by atoms with Crippen LogP contribution in [0.15, 0.2) is 18.2 Å². The molecule has 1 heterocycles. The second kappa shape index (κ2) is 6.27. The predicted octanol–water partition coefficient (Wildman–Crippen LogP) is 3.05.